The number of hydrogen-bond donors (Lipinski definition) is 2. The van der Waals surface area contributed by atoms with E-state index in [1.165, 1.54) is 0 Å². The highest BCUT2D eigenvalue weighted by Crippen LogP contribution is 2.40. The lowest BCUT2D eigenvalue weighted by Gasteiger charge is -2.11. The summed E-state index contributed by atoms with van der Waals surface area (Å²) in [6, 6.07) is 10.7. The molecule has 0 bridgehead atoms. The van der Waals surface area contributed by atoms with Gasteiger partial charge >= 0.3 is 6.03 Å². The molecule has 140 valence electrons. The number of hydrogen-bond acceptors (Lipinski definition) is 5. The summed E-state index contributed by atoms with van der Waals surface area (Å²) in [6.45, 7) is 0.365. The largest absolute Gasteiger partial charge is 0.493 e. The Kier molecular flexibility index (Phi) is 4.58. The Labute approximate surface area is 156 Å². The highest BCUT2D eigenvalue weighted by Gasteiger charge is 2.28. The molecule has 0 unspecified atom stereocenters. The van der Waals surface area contributed by atoms with Gasteiger partial charge in [-0.25, -0.2) is 9.78 Å². The molecule has 7 nitrogen and oxygen atoms in total. The number of benzene rings is 2. The van der Waals surface area contributed by atoms with Crippen LogP contribution in [0.1, 0.15) is 30.2 Å². The van der Waals surface area contributed by atoms with Crippen molar-refractivity contribution in [3.8, 4) is 11.5 Å². The predicted octanol–water partition coefficient (Wildman–Crippen LogP) is 4.04. The summed E-state index contributed by atoms with van der Waals surface area (Å²) in [4.78, 5) is 16.7. The Morgan fingerprint density at radius 1 is 1.15 bits per heavy atom. The number of urea groups is 1. The Bertz CT molecular complexity index is 979. The summed E-state index contributed by atoms with van der Waals surface area (Å²) in [5.74, 6) is 2.52. The van der Waals surface area contributed by atoms with E-state index in [0.717, 1.165) is 35.4 Å². The number of anilines is 1. The second-order valence-electron chi connectivity index (χ2n) is 6.51. The van der Waals surface area contributed by atoms with Gasteiger partial charge in [0.15, 0.2) is 23.0 Å². The van der Waals surface area contributed by atoms with Crippen molar-refractivity contribution >= 4 is 22.8 Å². The molecule has 0 saturated heterocycles. The van der Waals surface area contributed by atoms with Crippen LogP contribution in [0.25, 0.3) is 11.1 Å². The molecular weight excluding hydrogens is 346 g/mol. The maximum Gasteiger partial charge on any atom is 0.319 e. The predicted molar refractivity (Wildman–Crippen MR) is 101 cm³/mol. The minimum atomic E-state index is -0.296. The number of ether oxygens (including phenoxy) is 2. The molecule has 2 amide bonds. The first-order chi connectivity index (χ1) is 13.2. The molecule has 2 N–H and O–H groups in total. The van der Waals surface area contributed by atoms with Gasteiger partial charge in [0.05, 0.1) is 14.2 Å². The minimum Gasteiger partial charge on any atom is -0.493 e. The van der Waals surface area contributed by atoms with Gasteiger partial charge in [-0.3, -0.25) is 0 Å². The number of nitrogens with zero attached hydrogens (tertiary/aromatic N) is 1. The van der Waals surface area contributed by atoms with E-state index < -0.39 is 0 Å². The highest BCUT2D eigenvalue weighted by molar-refractivity contribution is 5.91. The Balaban J connectivity index is 1.38. The third-order valence-electron chi connectivity index (χ3n) is 4.49. The van der Waals surface area contributed by atoms with Crippen molar-refractivity contribution in [2.75, 3.05) is 19.5 Å². The number of rotatable bonds is 6. The molecule has 1 aliphatic carbocycles. The summed E-state index contributed by atoms with van der Waals surface area (Å²) in [6.07, 6.45) is 2.27. The molecular formula is C20H21N3O4. The van der Waals surface area contributed by atoms with Crippen LogP contribution in [-0.4, -0.2) is 25.2 Å². The van der Waals surface area contributed by atoms with E-state index in [-0.39, 0.29) is 6.03 Å². The number of carbonyl (C=O) groups excluding carboxylic acids is 1. The average molecular weight is 367 g/mol. The monoisotopic (exact) mass is 367 g/mol. The first kappa shape index (κ1) is 17.2. The zero-order valence-corrected chi connectivity index (χ0v) is 15.2. The molecule has 1 heterocycles. The molecule has 1 saturated carbocycles. The summed E-state index contributed by atoms with van der Waals surface area (Å²) in [5, 5.41) is 5.65. The van der Waals surface area contributed by atoms with E-state index in [2.05, 4.69) is 15.6 Å². The van der Waals surface area contributed by atoms with Crippen LogP contribution in [0, 0.1) is 0 Å². The normalized spacial score (nSPS) is 13.4. The molecule has 0 aliphatic heterocycles. The summed E-state index contributed by atoms with van der Waals surface area (Å²) < 4.78 is 16.2. The molecule has 2 aromatic carbocycles. The lowest BCUT2D eigenvalue weighted by atomic mass is 10.2. The summed E-state index contributed by atoms with van der Waals surface area (Å²) in [5.41, 5.74) is 3.08. The van der Waals surface area contributed by atoms with Crippen LogP contribution in [0.5, 0.6) is 11.5 Å². The fourth-order valence-electron chi connectivity index (χ4n) is 2.88. The molecule has 1 aromatic heterocycles. The SMILES string of the molecule is COc1ccc(CNC(=O)Nc2ccc3oc(C4CC4)nc3c2)cc1OC. The molecule has 0 spiro atoms. The van der Waals surface area contributed by atoms with Crippen LogP contribution >= 0.6 is 0 Å². The van der Waals surface area contributed by atoms with Crippen LogP contribution in [0.4, 0.5) is 10.5 Å². The van der Waals surface area contributed by atoms with Crippen molar-refractivity contribution in [2.45, 2.75) is 25.3 Å². The van der Waals surface area contributed by atoms with E-state index in [1.54, 1.807) is 20.3 Å². The van der Waals surface area contributed by atoms with E-state index in [0.29, 0.717) is 29.6 Å². The second-order valence-corrected chi connectivity index (χ2v) is 6.51. The Morgan fingerprint density at radius 2 is 1.96 bits per heavy atom. The topological polar surface area (TPSA) is 85.6 Å². The van der Waals surface area contributed by atoms with Gasteiger partial charge in [0.1, 0.15) is 5.52 Å². The van der Waals surface area contributed by atoms with E-state index >= 15 is 0 Å². The van der Waals surface area contributed by atoms with E-state index in [9.17, 15) is 4.79 Å². The van der Waals surface area contributed by atoms with Gasteiger partial charge in [-0.05, 0) is 48.7 Å². The number of fused-ring (bicyclic) bond motifs is 1. The van der Waals surface area contributed by atoms with Crippen molar-refractivity contribution in [1.82, 2.24) is 10.3 Å². The molecule has 0 atom stereocenters. The maximum atomic E-state index is 12.2. The first-order valence-corrected chi connectivity index (χ1v) is 8.82. The van der Waals surface area contributed by atoms with Crippen LogP contribution in [0.15, 0.2) is 40.8 Å². The number of oxazole rings is 1. The quantitative estimate of drug-likeness (QED) is 0.687. The Morgan fingerprint density at radius 3 is 2.70 bits per heavy atom. The van der Waals surface area contributed by atoms with E-state index in [4.69, 9.17) is 13.9 Å². The number of amides is 2. The van der Waals surface area contributed by atoms with Crippen molar-refractivity contribution < 1.29 is 18.7 Å². The van der Waals surface area contributed by atoms with Crippen molar-refractivity contribution in [2.24, 2.45) is 0 Å². The van der Waals surface area contributed by atoms with Gasteiger partial charge in [-0.15, -0.1) is 0 Å². The molecule has 27 heavy (non-hydrogen) atoms. The van der Waals surface area contributed by atoms with Gasteiger partial charge in [0, 0.05) is 18.2 Å². The number of aromatic nitrogens is 1. The summed E-state index contributed by atoms with van der Waals surface area (Å²) >= 11 is 0. The highest BCUT2D eigenvalue weighted by atomic mass is 16.5. The molecule has 4 rings (SSSR count). The fourth-order valence-corrected chi connectivity index (χ4v) is 2.88. The number of methoxy groups -OCH3 is 2. The number of carbonyl (C=O) groups is 1. The zero-order valence-electron chi connectivity index (χ0n) is 15.2. The Hall–Kier alpha value is -3.22. The molecule has 1 fully saturated rings. The lowest BCUT2D eigenvalue weighted by Crippen LogP contribution is -2.28. The van der Waals surface area contributed by atoms with Crippen LogP contribution in [-0.2, 0) is 6.54 Å². The number of nitrogens with one attached hydrogen (secondary N) is 2. The van der Waals surface area contributed by atoms with Crippen LogP contribution in [0.2, 0.25) is 0 Å². The van der Waals surface area contributed by atoms with Crippen molar-refractivity contribution in [3.05, 3.63) is 47.9 Å². The van der Waals surface area contributed by atoms with Crippen LogP contribution in [0.3, 0.4) is 0 Å². The third kappa shape index (κ3) is 3.81. The van der Waals surface area contributed by atoms with Crippen molar-refractivity contribution in [1.29, 1.82) is 0 Å². The van der Waals surface area contributed by atoms with Crippen LogP contribution < -0.4 is 20.1 Å². The van der Waals surface area contributed by atoms with Crippen molar-refractivity contribution in [3.63, 3.8) is 0 Å². The smallest absolute Gasteiger partial charge is 0.319 e. The summed E-state index contributed by atoms with van der Waals surface area (Å²) in [7, 11) is 3.17. The molecule has 0 radical (unpaired) electrons. The van der Waals surface area contributed by atoms with Gasteiger partial charge in [-0.1, -0.05) is 6.07 Å². The first-order valence-electron chi connectivity index (χ1n) is 8.82. The molecule has 3 aromatic rings. The zero-order chi connectivity index (χ0) is 18.8. The molecule has 7 heteroatoms. The van der Waals surface area contributed by atoms with E-state index in [1.807, 2.05) is 30.3 Å². The lowest BCUT2D eigenvalue weighted by molar-refractivity contribution is 0.251. The van der Waals surface area contributed by atoms with Gasteiger partial charge in [0.25, 0.3) is 0 Å². The second kappa shape index (κ2) is 7.19. The van der Waals surface area contributed by atoms with Gasteiger partial charge in [0.2, 0.25) is 0 Å². The van der Waals surface area contributed by atoms with Gasteiger partial charge < -0.3 is 24.5 Å². The average Bonchev–Trinajstić information content (AvgIpc) is 3.45. The van der Waals surface area contributed by atoms with Gasteiger partial charge in [-0.2, -0.15) is 0 Å². The third-order valence-corrected chi connectivity index (χ3v) is 4.49. The molecule has 1 aliphatic rings. The fraction of sp³-hybridized carbons (Fsp3) is 0.300. The minimum absolute atomic E-state index is 0.296. The standard InChI is InChI=1S/C20H21N3O4/c1-25-17-7-3-12(9-18(17)26-2)11-21-20(24)22-14-6-8-16-15(10-14)23-19(27-16)13-4-5-13/h3,6-10,13H,4-5,11H2,1-2H3,(H2,21,22,24). The maximum absolute atomic E-state index is 12.2.